The Morgan fingerprint density at radius 1 is 1.47 bits per heavy atom. The Labute approximate surface area is 92.6 Å². The zero-order valence-electron chi connectivity index (χ0n) is 8.47. The van der Waals surface area contributed by atoms with E-state index < -0.39 is 22.1 Å². The van der Waals surface area contributed by atoms with Crippen molar-refractivity contribution in [2.24, 2.45) is 0 Å². The number of H-pyrrole nitrogens is 2. The minimum absolute atomic E-state index is 0.0645. The molecule has 2 aromatic rings. The van der Waals surface area contributed by atoms with Crippen LogP contribution in [0.15, 0.2) is 22.2 Å². The van der Waals surface area contributed by atoms with E-state index in [0.717, 1.165) is 4.57 Å². The molecule has 0 aliphatic carbocycles. The smallest absolute Gasteiger partial charge is 0.390 e. The Balaban J connectivity index is 2.90. The molecule has 9 nitrogen and oxygen atoms in total. The fourth-order valence-corrected chi connectivity index (χ4v) is 1.41. The van der Waals surface area contributed by atoms with Crippen molar-refractivity contribution in [3.8, 4) is 0 Å². The SMILES string of the molecule is C=CCn1c(=O)[nH]c(=O)c2[nH]c([N+](=O)[O-])nc21. The first kappa shape index (κ1) is 10.8. The highest BCUT2D eigenvalue weighted by Crippen LogP contribution is 2.10. The molecule has 0 radical (unpaired) electrons. The van der Waals surface area contributed by atoms with E-state index in [4.69, 9.17) is 0 Å². The molecule has 2 N–H and O–H groups in total. The minimum Gasteiger partial charge on any atom is -0.390 e. The molecule has 0 aromatic carbocycles. The van der Waals surface area contributed by atoms with E-state index in [-0.39, 0.29) is 17.7 Å². The van der Waals surface area contributed by atoms with Gasteiger partial charge in [-0.15, -0.1) is 6.58 Å². The molecule has 0 saturated heterocycles. The van der Waals surface area contributed by atoms with E-state index in [1.807, 2.05) is 4.98 Å². The number of imidazole rings is 1. The largest absolute Gasteiger partial charge is 0.435 e. The van der Waals surface area contributed by atoms with Gasteiger partial charge in [0.05, 0.1) is 0 Å². The van der Waals surface area contributed by atoms with E-state index >= 15 is 0 Å². The molecule has 2 heterocycles. The maximum atomic E-state index is 11.5. The predicted octanol–water partition coefficient (Wildman–Crippen LogP) is -0.493. The van der Waals surface area contributed by atoms with Crippen molar-refractivity contribution in [1.29, 1.82) is 0 Å². The number of rotatable bonds is 3. The van der Waals surface area contributed by atoms with Crippen LogP contribution in [0, 0.1) is 10.1 Å². The molecule has 0 aliphatic rings. The lowest BCUT2D eigenvalue weighted by Crippen LogP contribution is -2.30. The Bertz CT molecular complexity index is 722. The summed E-state index contributed by atoms with van der Waals surface area (Å²) >= 11 is 0. The monoisotopic (exact) mass is 237 g/mol. The van der Waals surface area contributed by atoms with Crippen LogP contribution in [-0.2, 0) is 6.54 Å². The van der Waals surface area contributed by atoms with Crippen molar-refractivity contribution in [3.63, 3.8) is 0 Å². The highest BCUT2D eigenvalue weighted by atomic mass is 16.6. The van der Waals surface area contributed by atoms with E-state index in [2.05, 4.69) is 16.5 Å². The van der Waals surface area contributed by atoms with Crippen LogP contribution in [0.2, 0.25) is 0 Å². The minimum atomic E-state index is -0.776. The van der Waals surface area contributed by atoms with E-state index in [1.54, 1.807) is 0 Å². The number of nitro groups is 1. The van der Waals surface area contributed by atoms with Gasteiger partial charge in [0.25, 0.3) is 11.2 Å². The number of nitrogens with zero attached hydrogens (tertiary/aromatic N) is 3. The lowest BCUT2D eigenvalue weighted by molar-refractivity contribution is -0.393. The molecule has 0 spiro atoms. The normalized spacial score (nSPS) is 10.6. The third-order valence-electron chi connectivity index (χ3n) is 2.11. The molecular formula is C8H7N5O4. The van der Waals surface area contributed by atoms with Crippen LogP contribution in [0.3, 0.4) is 0 Å². The lowest BCUT2D eigenvalue weighted by atomic mass is 10.5. The van der Waals surface area contributed by atoms with Crippen LogP contribution >= 0.6 is 0 Å². The molecule has 0 atom stereocenters. The number of allylic oxidation sites excluding steroid dienone is 1. The quantitative estimate of drug-likeness (QED) is 0.423. The number of hydrogen-bond acceptors (Lipinski definition) is 5. The Morgan fingerprint density at radius 3 is 2.76 bits per heavy atom. The van der Waals surface area contributed by atoms with Crippen molar-refractivity contribution in [2.75, 3.05) is 0 Å². The maximum Gasteiger partial charge on any atom is 0.435 e. The molecule has 0 amide bonds. The van der Waals surface area contributed by atoms with E-state index in [1.165, 1.54) is 6.08 Å². The second kappa shape index (κ2) is 3.70. The summed E-state index contributed by atoms with van der Waals surface area (Å²) in [6.45, 7) is 3.54. The maximum absolute atomic E-state index is 11.5. The van der Waals surface area contributed by atoms with Crippen LogP contribution in [0.1, 0.15) is 0 Å². The zero-order chi connectivity index (χ0) is 12.6. The fourth-order valence-electron chi connectivity index (χ4n) is 1.41. The topological polar surface area (TPSA) is 127 Å². The summed E-state index contributed by atoms with van der Waals surface area (Å²) in [7, 11) is 0. The standard InChI is InChI=1S/C8H7N5O4/c1-2-3-12-5-4(6(14)11-8(12)15)9-7(10-5)13(16)17/h2H,1,3H2,(H,9,10)(H,11,14,15). The fraction of sp³-hybridized carbons (Fsp3) is 0.125. The van der Waals surface area contributed by atoms with E-state index in [0.29, 0.717) is 0 Å². The van der Waals surface area contributed by atoms with E-state index in [9.17, 15) is 19.7 Å². The third kappa shape index (κ3) is 1.62. The van der Waals surface area contributed by atoms with Gasteiger partial charge >= 0.3 is 11.6 Å². The summed E-state index contributed by atoms with van der Waals surface area (Å²) in [5, 5.41) is 10.5. The molecule has 2 aromatic heterocycles. The molecule has 88 valence electrons. The van der Waals surface area contributed by atoms with Crippen molar-refractivity contribution < 1.29 is 4.92 Å². The highest BCUT2D eigenvalue weighted by Gasteiger charge is 2.20. The number of nitrogens with one attached hydrogen (secondary N) is 2. The van der Waals surface area contributed by atoms with Gasteiger partial charge in [-0.3, -0.25) is 14.3 Å². The summed E-state index contributed by atoms with van der Waals surface area (Å²) in [5.74, 6) is -0.589. The second-order valence-electron chi connectivity index (χ2n) is 3.17. The first-order valence-electron chi connectivity index (χ1n) is 4.52. The first-order chi connectivity index (χ1) is 8.04. The molecule has 0 fully saturated rings. The molecular weight excluding hydrogens is 230 g/mol. The summed E-state index contributed by atoms with van der Waals surface area (Å²) in [6, 6.07) is 0. The van der Waals surface area contributed by atoms with Gasteiger partial charge in [0.2, 0.25) is 5.52 Å². The number of aromatic nitrogens is 4. The first-order valence-corrected chi connectivity index (χ1v) is 4.52. The molecule has 9 heteroatoms. The van der Waals surface area contributed by atoms with Gasteiger partial charge in [-0.2, -0.15) is 0 Å². The van der Waals surface area contributed by atoms with Crippen molar-refractivity contribution >= 4 is 17.1 Å². The van der Waals surface area contributed by atoms with Crippen molar-refractivity contribution in [2.45, 2.75) is 6.54 Å². The summed E-state index contributed by atoms with van der Waals surface area (Å²) in [5.41, 5.74) is -1.61. The molecule has 0 saturated carbocycles. The van der Waals surface area contributed by atoms with Crippen LogP contribution in [-0.4, -0.2) is 24.4 Å². The highest BCUT2D eigenvalue weighted by molar-refractivity contribution is 5.71. The summed E-state index contributed by atoms with van der Waals surface area (Å²) in [6.07, 6.45) is 1.42. The van der Waals surface area contributed by atoms with Gasteiger partial charge < -0.3 is 10.1 Å². The molecule has 0 bridgehead atoms. The summed E-state index contributed by atoms with van der Waals surface area (Å²) in [4.78, 5) is 40.5. The van der Waals surface area contributed by atoms with Crippen molar-refractivity contribution in [3.05, 3.63) is 43.6 Å². The Hall–Kier alpha value is -2.71. The van der Waals surface area contributed by atoms with Gasteiger partial charge in [-0.25, -0.2) is 9.78 Å². The lowest BCUT2D eigenvalue weighted by Gasteiger charge is -1.97. The number of aromatic amines is 2. The predicted molar refractivity (Wildman–Crippen MR) is 57.8 cm³/mol. The van der Waals surface area contributed by atoms with Crippen LogP contribution < -0.4 is 11.2 Å². The van der Waals surface area contributed by atoms with Crippen LogP contribution in [0.5, 0.6) is 0 Å². The molecule has 2 rings (SSSR count). The molecule has 17 heavy (non-hydrogen) atoms. The van der Waals surface area contributed by atoms with Crippen LogP contribution in [0.4, 0.5) is 5.95 Å². The van der Waals surface area contributed by atoms with Gasteiger partial charge in [0.15, 0.2) is 0 Å². The van der Waals surface area contributed by atoms with Gasteiger partial charge in [-0.05, 0) is 9.91 Å². The Morgan fingerprint density at radius 2 is 2.18 bits per heavy atom. The molecule has 0 unspecified atom stereocenters. The third-order valence-corrected chi connectivity index (χ3v) is 2.11. The second-order valence-corrected chi connectivity index (χ2v) is 3.17. The number of hydrogen-bond donors (Lipinski definition) is 2. The van der Waals surface area contributed by atoms with Gasteiger partial charge in [0.1, 0.15) is 0 Å². The van der Waals surface area contributed by atoms with Gasteiger partial charge in [0, 0.05) is 6.54 Å². The zero-order valence-corrected chi connectivity index (χ0v) is 8.47. The molecule has 0 aliphatic heterocycles. The average Bonchev–Trinajstić information content (AvgIpc) is 2.69. The van der Waals surface area contributed by atoms with Crippen LogP contribution in [0.25, 0.3) is 11.2 Å². The summed E-state index contributed by atoms with van der Waals surface area (Å²) < 4.78 is 1.08. The van der Waals surface area contributed by atoms with Crippen molar-refractivity contribution in [1.82, 2.24) is 19.5 Å². The number of fused-ring (bicyclic) bond motifs is 1. The average molecular weight is 237 g/mol. The Kier molecular flexibility index (Phi) is 2.35. The van der Waals surface area contributed by atoms with Gasteiger partial charge in [-0.1, -0.05) is 6.08 Å².